The third-order valence-corrected chi connectivity index (χ3v) is 8.44. The van der Waals surface area contributed by atoms with Crippen LogP contribution in [0.1, 0.15) is 43.9 Å². The van der Waals surface area contributed by atoms with Crippen molar-refractivity contribution in [3.63, 3.8) is 0 Å². The van der Waals surface area contributed by atoms with Gasteiger partial charge >= 0.3 is 5.97 Å². The van der Waals surface area contributed by atoms with E-state index in [1.165, 1.54) is 29.2 Å². The first-order valence-electron chi connectivity index (χ1n) is 15.6. The fourth-order valence-electron chi connectivity index (χ4n) is 5.84. The molecule has 2 aromatic rings. The van der Waals surface area contributed by atoms with Gasteiger partial charge in [0.25, 0.3) is 0 Å². The Morgan fingerprint density at radius 3 is 2.28 bits per heavy atom. The number of aliphatic hydroxyl groups is 1. The normalized spacial score (nSPS) is 20.1. The van der Waals surface area contributed by atoms with E-state index in [4.69, 9.17) is 5.73 Å². The topological polar surface area (TPSA) is 240 Å². The Morgan fingerprint density at radius 2 is 1.64 bits per heavy atom. The number of aromatic nitrogens is 2. The van der Waals surface area contributed by atoms with Crippen LogP contribution in [-0.4, -0.2) is 121 Å². The fourth-order valence-corrected chi connectivity index (χ4v) is 5.84. The van der Waals surface area contributed by atoms with Crippen molar-refractivity contribution >= 4 is 35.5 Å². The summed E-state index contributed by atoms with van der Waals surface area (Å²) >= 11 is 0. The van der Waals surface area contributed by atoms with Gasteiger partial charge < -0.3 is 46.7 Å². The number of carboxylic acids is 1. The molecule has 0 saturated carbocycles. The van der Waals surface area contributed by atoms with Crippen LogP contribution in [-0.2, 0) is 41.6 Å². The highest BCUT2D eigenvalue weighted by atomic mass is 16.4. The zero-order valence-electron chi connectivity index (χ0n) is 26.1. The van der Waals surface area contributed by atoms with Gasteiger partial charge in [-0.15, -0.1) is 0 Å². The number of likely N-dealkylation sites (tertiary alicyclic amines) is 2. The molecule has 2 fully saturated rings. The Labute approximate surface area is 271 Å². The Balaban J connectivity index is 1.46. The molecule has 0 radical (unpaired) electrons. The summed E-state index contributed by atoms with van der Waals surface area (Å²) in [5.41, 5.74) is 7.11. The lowest BCUT2D eigenvalue weighted by molar-refractivity contribution is -0.148. The van der Waals surface area contributed by atoms with Gasteiger partial charge in [-0.25, -0.2) is 9.78 Å². The van der Waals surface area contributed by atoms with Crippen molar-refractivity contribution in [3.05, 3.63) is 54.1 Å². The van der Waals surface area contributed by atoms with Gasteiger partial charge in [-0.05, 0) is 38.2 Å². The molecule has 8 N–H and O–H groups in total. The number of carbonyl (C=O) groups excluding carboxylic acids is 5. The highest BCUT2D eigenvalue weighted by molar-refractivity contribution is 5.96. The predicted molar refractivity (Wildman–Crippen MR) is 166 cm³/mol. The van der Waals surface area contributed by atoms with Crippen LogP contribution < -0.4 is 21.7 Å². The van der Waals surface area contributed by atoms with E-state index in [2.05, 4.69) is 25.9 Å². The standard InChI is InChI=1S/C31H42N8O8/c1-18(40)26(32)29(44)37-22(13-19-7-3-2-4-8-19)30(45)39-12-5-9-23(39)28(43)36-21(14-20-15-33-17-35-20)27(42)34-16-25(41)38-11-6-10-24(38)31(46)47/h2-4,7-8,15,17-18,21-24,26,40H,5-6,9-14,16,32H2,1H3,(H,33,35)(H,34,42)(H,36,43)(H,37,44)(H,46,47)/t18-,21+,22+,23+,24+,26+/m1/s1. The third kappa shape index (κ3) is 9.13. The molecule has 0 unspecified atom stereocenters. The molecule has 1 aromatic carbocycles. The minimum Gasteiger partial charge on any atom is -0.480 e. The van der Waals surface area contributed by atoms with E-state index in [9.17, 15) is 39.0 Å². The van der Waals surface area contributed by atoms with E-state index in [0.717, 1.165) is 5.56 Å². The van der Waals surface area contributed by atoms with E-state index >= 15 is 0 Å². The Hall–Kier alpha value is -4.83. The minimum atomic E-state index is -1.27. The average Bonchev–Trinajstić information content (AvgIpc) is 3.85. The van der Waals surface area contributed by atoms with Gasteiger partial charge in [0, 0.05) is 37.8 Å². The lowest BCUT2D eigenvalue weighted by Gasteiger charge is -2.30. The van der Waals surface area contributed by atoms with Gasteiger partial charge in [0.05, 0.1) is 19.0 Å². The molecule has 1 aromatic heterocycles. The summed E-state index contributed by atoms with van der Waals surface area (Å²) < 4.78 is 0. The molecule has 3 heterocycles. The molecular weight excluding hydrogens is 612 g/mol. The molecule has 4 rings (SSSR count). The number of benzene rings is 1. The van der Waals surface area contributed by atoms with Crippen molar-refractivity contribution in [1.82, 2.24) is 35.7 Å². The van der Waals surface area contributed by atoms with Crippen LogP contribution in [0.2, 0.25) is 0 Å². The molecule has 2 saturated heterocycles. The maximum Gasteiger partial charge on any atom is 0.326 e. The van der Waals surface area contributed by atoms with E-state index in [1.807, 2.05) is 6.07 Å². The Kier molecular flexibility index (Phi) is 12.0. The van der Waals surface area contributed by atoms with Gasteiger partial charge in [-0.3, -0.25) is 24.0 Å². The van der Waals surface area contributed by atoms with Crippen molar-refractivity contribution < 1.29 is 39.0 Å². The number of rotatable bonds is 14. The number of carboxylic acid groups (broad SMARTS) is 1. The summed E-state index contributed by atoms with van der Waals surface area (Å²) in [6.07, 6.45) is 3.52. The molecule has 5 amide bonds. The molecule has 0 spiro atoms. The van der Waals surface area contributed by atoms with Crippen molar-refractivity contribution in [3.8, 4) is 0 Å². The van der Waals surface area contributed by atoms with Crippen LogP contribution >= 0.6 is 0 Å². The van der Waals surface area contributed by atoms with Gasteiger partial charge in [0.2, 0.25) is 29.5 Å². The number of H-pyrrole nitrogens is 1. The monoisotopic (exact) mass is 654 g/mol. The number of amides is 5. The zero-order chi connectivity index (χ0) is 34.1. The number of hydrogen-bond donors (Lipinski definition) is 7. The number of nitrogens with one attached hydrogen (secondary N) is 4. The van der Waals surface area contributed by atoms with E-state index in [1.54, 1.807) is 24.3 Å². The lowest BCUT2D eigenvalue weighted by atomic mass is 10.0. The van der Waals surface area contributed by atoms with Crippen molar-refractivity contribution in [1.29, 1.82) is 0 Å². The summed E-state index contributed by atoms with van der Waals surface area (Å²) in [6.45, 7) is 1.40. The molecule has 254 valence electrons. The smallest absolute Gasteiger partial charge is 0.326 e. The van der Waals surface area contributed by atoms with Gasteiger partial charge in [0.1, 0.15) is 30.2 Å². The second-order valence-corrected chi connectivity index (χ2v) is 11.9. The number of aliphatic hydroxyl groups excluding tert-OH is 1. The summed E-state index contributed by atoms with van der Waals surface area (Å²) in [6, 6.07) is 3.56. The van der Waals surface area contributed by atoms with Crippen LogP contribution in [0.5, 0.6) is 0 Å². The second kappa shape index (κ2) is 16.1. The molecule has 16 nitrogen and oxygen atoms in total. The van der Waals surface area contributed by atoms with Gasteiger partial charge in [-0.1, -0.05) is 30.3 Å². The molecular formula is C31H42N8O8. The molecule has 47 heavy (non-hydrogen) atoms. The molecule has 0 bridgehead atoms. The second-order valence-electron chi connectivity index (χ2n) is 11.9. The first-order chi connectivity index (χ1) is 22.5. The van der Waals surface area contributed by atoms with E-state index in [0.29, 0.717) is 31.4 Å². The van der Waals surface area contributed by atoms with Crippen molar-refractivity contribution in [2.45, 2.75) is 81.8 Å². The fraction of sp³-hybridized carbons (Fsp3) is 0.516. The SMILES string of the molecule is C[C@@H](O)[C@H](N)C(=O)N[C@@H](Cc1ccccc1)C(=O)N1CCC[C@H]1C(=O)N[C@@H](Cc1cnc[nH]1)C(=O)NCC(=O)N1CCC[C@H]1C(=O)O. The van der Waals surface area contributed by atoms with Gasteiger partial charge in [-0.2, -0.15) is 0 Å². The maximum atomic E-state index is 13.9. The van der Waals surface area contributed by atoms with Crippen molar-refractivity contribution in [2.24, 2.45) is 5.73 Å². The molecule has 2 aliphatic rings. The first-order valence-corrected chi connectivity index (χ1v) is 15.6. The minimum absolute atomic E-state index is 0.00217. The van der Waals surface area contributed by atoms with Crippen LogP contribution in [0.4, 0.5) is 0 Å². The van der Waals surface area contributed by atoms with Gasteiger partial charge in [0.15, 0.2) is 0 Å². The predicted octanol–water partition coefficient (Wildman–Crippen LogP) is -1.94. The number of aliphatic carboxylic acids is 1. The number of aromatic amines is 1. The first kappa shape index (κ1) is 35.0. The number of nitrogens with two attached hydrogens (primary N) is 1. The number of nitrogens with zero attached hydrogens (tertiary/aromatic N) is 3. The van der Waals surface area contributed by atoms with Crippen LogP contribution in [0, 0.1) is 0 Å². The van der Waals surface area contributed by atoms with Crippen LogP contribution in [0.25, 0.3) is 0 Å². The number of hydrogen-bond acceptors (Lipinski definition) is 9. The maximum absolute atomic E-state index is 13.9. The van der Waals surface area contributed by atoms with E-state index < -0.39 is 78.4 Å². The third-order valence-electron chi connectivity index (χ3n) is 8.44. The number of imidazole rings is 1. The summed E-state index contributed by atoms with van der Waals surface area (Å²) in [7, 11) is 0. The Bertz CT molecular complexity index is 1420. The largest absolute Gasteiger partial charge is 0.480 e. The number of carbonyl (C=O) groups is 6. The lowest BCUT2D eigenvalue weighted by Crippen LogP contribution is -2.59. The van der Waals surface area contributed by atoms with Crippen molar-refractivity contribution in [2.75, 3.05) is 19.6 Å². The van der Waals surface area contributed by atoms with E-state index in [-0.39, 0.29) is 25.9 Å². The average molecular weight is 655 g/mol. The Morgan fingerprint density at radius 1 is 0.957 bits per heavy atom. The molecule has 16 heteroatoms. The molecule has 6 atom stereocenters. The highest BCUT2D eigenvalue weighted by Crippen LogP contribution is 2.21. The highest BCUT2D eigenvalue weighted by Gasteiger charge is 2.40. The summed E-state index contributed by atoms with van der Waals surface area (Å²) in [5, 5.41) is 27.1. The molecule has 2 aliphatic heterocycles. The summed E-state index contributed by atoms with van der Waals surface area (Å²) in [5.74, 6) is -4.18. The van der Waals surface area contributed by atoms with Crippen LogP contribution in [0.15, 0.2) is 42.9 Å². The van der Waals surface area contributed by atoms with Crippen LogP contribution in [0.3, 0.4) is 0 Å². The quantitative estimate of drug-likeness (QED) is 0.119. The zero-order valence-corrected chi connectivity index (χ0v) is 26.1. The molecule has 0 aliphatic carbocycles. The summed E-state index contributed by atoms with van der Waals surface area (Å²) in [4.78, 5) is 87.3.